The molecular weight excluding hydrogens is 260 g/mol. The lowest BCUT2D eigenvalue weighted by molar-refractivity contribution is 0.104. The van der Waals surface area contributed by atoms with Gasteiger partial charge in [-0.3, -0.25) is 4.98 Å². The Morgan fingerprint density at radius 2 is 1.90 bits per heavy atom. The number of hydrogen-bond donors (Lipinski definition) is 1. The number of aliphatic hydroxyl groups is 1. The molecule has 0 spiro atoms. The molecule has 102 valence electrons. The molecular formula is C18H14N2O. The summed E-state index contributed by atoms with van der Waals surface area (Å²) in [6.07, 6.45) is 1.73. The van der Waals surface area contributed by atoms with Crippen LogP contribution in [0, 0.1) is 11.3 Å². The van der Waals surface area contributed by atoms with Gasteiger partial charge in [-0.2, -0.15) is 5.26 Å². The standard InChI is InChI=1S/C18H14N2O/c1-18(21,14-6-2-5-13(11-14)12-19)16-8-3-9-17-15(16)7-4-10-20-17/h2-11,21H,1H3. The second kappa shape index (κ2) is 5.01. The van der Waals surface area contributed by atoms with E-state index in [0.29, 0.717) is 11.1 Å². The fourth-order valence-corrected chi connectivity index (χ4v) is 2.57. The minimum Gasteiger partial charge on any atom is -0.381 e. The largest absolute Gasteiger partial charge is 0.381 e. The highest BCUT2D eigenvalue weighted by Crippen LogP contribution is 2.33. The fraction of sp³-hybridized carbons (Fsp3) is 0.111. The van der Waals surface area contributed by atoms with Gasteiger partial charge in [0.25, 0.3) is 0 Å². The van der Waals surface area contributed by atoms with Gasteiger partial charge in [0.15, 0.2) is 0 Å². The molecule has 21 heavy (non-hydrogen) atoms. The average Bonchev–Trinajstić information content (AvgIpc) is 2.54. The first-order chi connectivity index (χ1) is 10.1. The molecule has 0 saturated carbocycles. The molecule has 0 aliphatic heterocycles. The molecule has 0 fully saturated rings. The second-order valence-corrected chi connectivity index (χ2v) is 5.14. The van der Waals surface area contributed by atoms with E-state index in [9.17, 15) is 5.11 Å². The summed E-state index contributed by atoms with van der Waals surface area (Å²) >= 11 is 0. The quantitative estimate of drug-likeness (QED) is 0.779. The summed E-state index contributed by atoms with van der Waals surface area (Å²) in [5, 5.41) is 21.0. The lowest BCUT2D eigenvalue weighted by Crippen LogP contribution is -2.23. The lowest BCUT2D eigenvalue weighted by atomic mass is 9.85. The van der Waals surface area contributed by atoms with Crippen molar-refractivity contribution in [3.63, 3.8) is 0 Å². The highest BCUT2D eigenvalue weighted by atomic mass is 16.3. The van der Waals surface area contributed by atoms with E-state index in [4.69, 9.17) is 5.26 Å². The summed E-state index contributed by atoms with van der Waals surface area (Å²) < 4.78 is 0. The second-order valence-electron chi connectivity index (χ2n) is 5.14. The number of nitriles is 1. The summed E-state index contributed by atoms with van der Waals surface area (Å²) in [5.74, 6) is 0. The van der Waals surface area contributed by atoms with Crippen LogP contribution in [0.3, 0.4) is 0 Å². The number of benzene rings is 2. The van der Waals surface area contributed by atoms with Gasteiger partial charge in [-0.15, -0.1) is 0 Å². The maximum absolute atomic E-state index is 11.0. The molecule has 3 nitrogen and oxygen atoms in total. The number of hydrogen-bond acceptors (Lipinski definition) is 3. The van der Waals surface area contributed by atoms with Gasteiger partial charge in [0, 0.05) is 11.6 Å². The molecule has 0 amide bonds. The number of nitrogens with zero attached hydrogens (tertiary/aromatic N) is 2. The molecule has 0 aliphatic rings. The first-order valence-electron chi connectivity index (χ1n) is 6.70. The van der Waals surface area contributed by atoms with Gasteiger partial charge < -0.3 is 5.11 Å². The molecule has 1 heterocycles. The molecule has 0 radical (unpaired) electrons. The van der Waals surface area contributed by atoms with Crippen LogP contribution in [0.25, 0.3) is 10.9 Å². The van der Waals surface area contributed by atoms with Crippen LogP contribution in [0.1, 0.15) is 23.6 Å². The highest BCUT2D eigenvalue weighted by molar-refractivity contribution is 5.83. The van der Waals surface area contributed by atoms with Crippen LogP contribution in [0.5, 0.6) is 0 Å². The third-order valence-electron chi connectivity index (χ3n) is 3.72. The van der Waals surface area contributed by atoms with Crippen LogP contribution in [0.4, 0.5) is 0 Å². The zero-order valence-electron chi connectivity index (χ0n) is 11.6. The molecule has 3 aromatic rings. The van der Waals surface area contributed by atoms with Crippen LogP contribution >= 0.6 is 0 Å². The van der Waals surface area contributed by atoms with Crippen LogP contribution in [0.2, 0.25) is 0 Å². The van der Waals surface area contributed by atoms with Crippen molar-refractivity contribution in [2.24, 2.45) is 0 Å². The summed E-state index contributed by atoms with van der Waals surface area (Å²) in [7, 11) is 0. The molecule has 1 aromatic heterocycles. The molecule has 1 N–H and O–H groups in total. The predicted molar refractivity (Wildman–Crippen MR) is 81.6 cm³/mol. The molecule has 0 bridgehead atoms. The predicted octanol–water partition coefficient (Wildman–Crippen LogP) is 3.36. The summed E-state index contributed by atoms with van der Waals surface area (Å²) in [4.78, 5) is 4.32. The van der Waals surface area contributed by atoms with E-state index in [-0.39, 0.29) is 0 Å². The van der Waals surface area contributed by atoms with E-state index in [1.807, 2.05) is 36.4 Å². The highest BCUT2D eigenvalue weighted by Gasteiger charge is 2.27. The Morgan fingerprint density at radius 1 is 1.10 bits per heavy atom. The first kappa shape index (κ1) is 13.3. The molecule has 3 heteroatoms. The minimum absolute atomic E-state index is 0.533. The van der Waals surface area contributed by atoms with Crippen molar-refractivity contribution < 1.29 is 5.11 Å². The average molecular weight is 274 g/mol. The Hall–Kier alpha value is -2.70. The van der Waals surface area contributed by atoms with E-state index in [1.165, 1.54) is 0 Å². The van der Waals surface area contributed by atoms with Gasteiger partial charge in [0.05, 0.1) is 17.1 Å². The minimum atomic E-state index is -1.19. The lowest BCUT2D eigenvalue weighted by Gasteiger charge is -2.26. The monoisotopic (exact) mass is 274 g/mol. The Morgan fingerprint density at radius 3 is 2.71 bits per heavy atom. The zero-order chi connectivity index (χ0) is 14.9. The maximum atomic E-state index is 11.0. The normalized spacial score (nSPS) is 13.6. The van der Waals surface area contributed by atoms with Crippen LogP contribution in [0.15, 0.2) is 60.8 Å². The van der Waals surface area contributed by atoms with Crippen molar-refractivity contribution in [2.45, 2.75) is 12.5 Å². The van der Waals surface area contributed by atoms with Crippen molar-refractivity contribution in [1.82, 2.24) is 4.98 Å². The van der Waals surface area contributed by atoms with Gasteiger partial charge >= 0.3 is 0 Å². The van der Waals surface area contributed by atoms with E-state index in [2.05, 4.69) is 11.1 Å². The van der Waals surface area contributed by atoms with Crippen molar-refractivity contribution in [2.75, 3.05) is 0 Å². The third kappa shape index (κ3) is 2.26. The maximum Gasteiger partial charge on any atom is 0.112 e. The number of rotatable bonds is 2. The van der Waals surface area contributed by atoms with Gasteiger partial charge in [-0.1, -0.05) is 30.3 Å². The van der Waals surface area contributed by atoms with E-state index in [0.717, 1.165) is 16.5 Å². The van der Waals surface area contributed by atoms with Gasteiger partial charge in [-0.05, 0) is 42.3 Å². The Labute approximate surface area is 123 Å². The summed E-state index contributed by atoms with van der Waals surface area (Å²) in [6, 6.07) is 18.7. The van der Waals surface area contributed by atoms with Crippen molar-refractivity contribution in [1.29, 1.82) is 5.26 Å². The Bertz CT molecular complexity index is 842. The number of fused-ring (bicyclic) bond motifs is 1. The van der Waals surface area contributed by atoms with Gasteiger partial charge in [-0.25, -0.2) is 0 Å². The number of aromatic nitrogens is 1. The smallest absolute Gasteiger partial charge is 0.112 e. The van der Waals surface area contributed by atoms with Crippen molar-refractivity contribution >= 4 is 10.9 Å². The SMILES string of the molecule is CC(O)(c1cccc(C#N)c1)c1cccc2ncccc12. The molecule has 1 atom stereocenters. The van der Waals surface area contributed by atoms with Gasteiger partial charge in [0.1, 0.15) is 5.60 Å². The molecule has 0 saturated heterocycles. The number of pyridine rings is 1. The first-order valence-corrected chi connectivity index (χ1v) is 6.70. The van der Waals surface area contributed by atoms with E-state index >= 15 is 0 Å². The Kier molecular flexibility index (Phi) is 3.17. The molecule has 0 aliphatic carbocycles. The fourth-order valence-electron chi connectivity index (χ4n) is 2.57. The summed E-state index contributed by atoms with van der Waals surface area (Å²) in [6.45, 7) is 1.74. The topological polar surface area (TPSA) is 56.9 Å². The molecule has 1 unspecified atom stereocenters. The van der Waals surface area contributed by atoms with E-state index in [1.54, 1.807) is 31.3 Å². The van der Waals surface area contributed by atoms with Crippen LogP contribution in [-0.2, 0) is 5.60 Å². The Balaban J connectivity index is 2.22. The van der Waals surface area contributed by atoms with Crippen molar-refractivity contribution in [3.05, 3.63) is 77.5 Å². The third-order valence-corrected chi connectivity index (χ3v) is 3.72. The van der Waals surface area contributed by atoms with E-state index < -0.39 is 5.60 Å². The van der Waals surface area contributed by atoms with Crippen LogP contribution in [-0.4, -0.2) is 10.1 Å². The zero-order valence-corrected chi connectivity index (χ0v) is 11.6. The summed E-state index contributed by atoms with van der Waals surface area (Å²) in [5.41, 5.74) is 1.66. The van der Waals surface area contributed by atoms with Crippen molar-refractivity contribution in [3.8, 4) is 6.07 Å². The molecule has 3 rings (SSSR count). The van der Waals surface area contributed by atoms with Crippen LogP contribution < -0.4 is 0 Å². The molecule has 2 aromatic carbocycles. The van der Waals surface area contributed by atoms with Gasteiger partial charge in [0.2, 0.25) is 0 Å².